The third-order valence-electron chi connectivity index (χ3n) is 11.9. The largest absolute Gasteiger partial charge is 0.463 e. The molecule has 0 aliphatic carbocycles. The molecule has 3 aromatic heterocycles. The Kier molecular flexibility index (Phi) is 16.4. The molecular formula is C50H61N5O12. The van der Waals surface area contributed by atoms with E-state index in [2.05, 4.69) is 73.8 Å². The van der Waals surface area contributed by atoms with Gasteiger partial charge in [-0.05, 0) is 105 Å². The van der Waals surface area contributed by atoms with Crippen LogP contribution in [0.25, 0.3) is 50.9 Å². The summed E-state index contributed by atoms with van der Waals surface area (Å²) in [6.45, 7) is 21.2. The number of aryl methyl sites for hydroxylation is 3. The van der Waals surface area contributed by atoms with Gasteiger partial charge in [0.1, 0.15) is 12.7 Å². The van der Waals surface area contributed by atoms with Gasteiger partial charge in [-0.25, -0.2) is 9.97 Å². The summed E-state index contributed by atoms with van der Waals surface area (Å²) in [5.74, 6) is -3.03. The normalized spacial score (nSPS) is 19.1. The van der Waals surface area contributed by atoms with Crippen LogP contribution in [0.3, 0.4) is 0 Å². The summed E-state index contributed by atoms with van der Waals surface area (Å²) in [7, 11) is 0. The van der Waals surface area contributed by atoms with Gasteiger partial charge < -0.3 is 48.4 Å². The molecule has 8 bridgehead atoms. The van der Waals surface area contributed by atoms with E-state index in [0.717, 1.165) is 105 Å². The average Bonchev–Trinajstić information content (AvgIpc) is 3.97. The van der Waals surface area contributed by atoms with E-state index in [9.17, 15) is 24.0 Å². The number of fused-ring (bicyclic) bond motifs is 8. The molecule has 5 atom stereocenters. The molecule has 1 amide bonds. The zero-order valence-electron chi connectivity index (χ0n) is 39.9. The first kappa shape index (κ1) is 50.0. The van der Waals surface area contributed by atoms with Crippen LogP contribution in [0.15, 0.2) is 24.8 Å². The minimum absolute atomic E-state index is 0.0348. The Hall–Kier alpha value is -6.43. The molecule has 3 aromatic rings. The van der Waals surface area contributed by atoms with Gasteiger partial charge in [-0.15, -0.1) is 0 Å². The predicted molar refractivity (Wildman–Crippen MR) is 252 cm³/mol. The predicted octanol–water partition coefficient (Wildman–Crippen LogP) is 6.95. The lowest BCUT2D eigenvalue weighted by molar-refractivity contribution is -0.309. The van der Waals surface area contributed by atoms with Crippen molar-refractivity contribution >= 4 is 80.7 Å². The van der Waals surface area contributed by atoms with Crippen LogP contribution >= 0.6 is 0 Å². The Labute approximate surface area is 389 Å². The molecule has 3 aliphatic rings. The summed E-state index contributed by atoms with van der Waals surface area (Å²) in [5, 5.41) is 2.92. The van der Waals surface area contributed by atoms with E-state index in [1.807, 2.05) is 19.9 Å². The number of allylic oxidation sites excluding steroid dienone is 3. The average molecular weight is 924 g/mol. The van der Waals surface area contributed by atoms with Gasteiger partial charge in [-0.3, -0.25) is 24.0 Å². The van der Waals surface area contributed by atoms with E-state index in [4.69, 9.17) is 43.1 Å². The minimum atomic E-state index is -1.35. The van der Waals surface area contributed by atoms with Crippen molar-refractivity contribution in [3.8, 4) is 0 Å². The maximum atomic E-state index is 13.3. The number of aromatic nitrogens is 4. The van der Waals surface area contributed by atoms with Crippen molar-refractivity contribution in [3.05, 3.63) is 75.4 Å². The molecule has 0 spiro atoms. The van der Waals surface area contributed by atoms with Crippen LogP contribution < -0.4 is 5.32 Å². The first-order valence-corrected chi connectivity index (χ1v) is 22.4. The second-order valence-corrected chi connectivity index (χ2v) is 16.7. The number of nitrogens with one attached hydrogen (secondary N) is 3. The van der Waals surface area contributed by atoms with Crippen molar-refractivity contribution in [1.82, 2.24) is 25.3 Å². The monoisotopic (exact) mass is 923 g/mol. The van der Waals surface area contributed by atoms with Crippen LogP contribution in [-0.2, 0) is 63.6 Å². The standard InChI is InChI=1S/C50H61N5O12/c1-12-34-27(5)40-23-43-35(13-2)26(4)39(53-43)22-41-28(6)36(46(55-41)29(7)38-20-25(3)37(52-38)21-42(34)54-40)14-15-45(60)51-16-17-61-18-19-62-50-49(66-33(11)59)48(65-32(10)58)47(64-31(9)57)44(67-50)24-63-30(8)56/h13,20-23,44,47-50,53-54H,2,12,14-19,24H2,1,3-11H3,(H,51,60)/t44-,47-,48+,49-,50-/m1/s1. The van der Waals surface area contributed by atoms with E-state index in [-0.39, 0.29) is 45.3 Å². The highest BCUT2D eigenvalue weighted by atomic mass is 16.7. The van der Waals surface area contributed by atoms with Crippen molar-refractivity contribution < 1.29 is 57.1 Å². The third kappa shape index (κ3) is 11.8. The molecule has 1 saturated heterocycles. The van der Waals surface area contributed by atoms with Gasteiger partial charge in [0, 0.05) is 73.9 Å². The summed E-state index contributed by atoms with van der Waals surface area (Å²) in [6, 6.07) is 6.32. The summed E-state index contributed by atoms with van der Waals surface area (Å²) >= 11 is 0. The summed E-state index contributed by atoms with van der Waals surface area (Å²) < 4.78 is 39.0. The number of H-pyrrole nitrogens is 2. The number of carbonyl (C=O) groups excluding carboxylic acids is 5. The van der Waals surface area contributed by atoms with E-state index < -0.39 is 54.6 Å². The van der Waals surface area contributed by atoms with Crippen LogP contribution in [0.2, 0.25) is 0 Å². The van der Waals surface area contributed by atoms with Gasteiger partial charge in [0.15, 0.2) is 24.6 Å². The lowest BCUT2D eigenvalue weighted by Crippen LogP contribution is -2.63. The van der Waals surface area contributed by atoms with Gasteiger partial charge in [0.05, 0.1) is 42.6 Å². The van der Waals surface area contributed by atoms with Gasteiger partial charge in [-0.1, -0.05) is 19.6 Å². The maximum absolute atomic E-state index is 13.3. The van der Waals surface area contributed by atoms with Crippen LogP contribution in [0.5, 0.6) is 0 Å². The highest BCUT2D eigenvalue weighted by molar-refractivity contribution is 5.96. The van der Waals surface area contributed by atoms with E-state index in [1.54, 1.807) is 0 Å². The topological polar surface area (TPSA) is 219 Å². The van der Waals surface area contributed by atoms with Gasteiger partial charge in [0.25, 0.3) is 0 Å². The molecule has 0 unspecified atom stereocenters. The SMILES string of the molecule is C=Cc1c(C)c2cc3nc(c(C)c4nc(cc5[nH]c(cc1[nH]2)c(C)c5CC)C(C)=C4)C(CCC(=O)NCCOCCO[C@@H]1O[C@H](COC(C)=O)[C@@H](OC(C)=O)[C@H](OC(C)=O)[C@H]1OC(C)=O)=C3C. The van der Waals surface area contributed by atoms with Gasteiger partial charge in [0.2, 0.25) is 5.91 Å². The molecule has 358 valence electrons. The van der Waals surface area contributed by atoms with E-state index in [0.29, 0.717) is 6.42 Å². The second-order valence-electron chi connectivity index (χ2n) is 16.7. The van der Waals surface area contributed by atoms with Crippen molar-refractivity contribution in [1.29, 1.82) is 0 Å². The number of ether oxygens (including phenoxy) is 7. The summed E-state index contributed by atoms with van der Waals surface area (Å²) in [6.07, 6.45) is -1.02. The Morgan fingerprint density at radius 2 is 1.42 bits per heavy atom. The molecule has 3 N–H and O–H groups in total. The summed E-state index contributed by atoms with van der Waals surface area (Å²) in [5.41, 5.74) is 15.6. The lowest BCUT2D eigenvalue weighted by atomic mass is 9.98. The highest BCUT2D eigenvalue weighted by Gasteiger charge is 2.52. The molecule has 0 saturated carbocycles. The smallest absolute Gasteiger partial charge is 0.303 e. The first-order valence-electron chi connectivity index (χ1n) is 22.4. The number of hydrogen-bond acceptors (Lipinski definition) is 14. The van der Waals surface area contributed by atoms with E-state index >= 15 is 0 Å². The van der Waals surface area contributed by atoms with Gasteiger partial charge >= 0.3 is 23.9 Å². The van der Waals surface area contributed by atoms with E-state index in [1.165, 1.54) is 18.1 Å². The molecular weight excluding hydrogens is 863 g/mol. The molecule has 17 nitrogen and oxygen atoms in total. The number of rotatable bonds is 17. The van der Waals surface area contributed by atoms with Gasteiger partial charge in [-0.2, -0.15) is 0 Å². The Morgan fingerprint density at radius 1 is 0.761 bits per heavy atom. The van der Waals surface area contributed by atoms with Crippen LogP contribution in [0, 0.1) is 20.8 Å². The number of aromatic amines is 2. The number of amides is 1. The molecule has 6 rings (SSSR count). The van der Waals surface area contributed by atoms with Crippen molar-refractivity contribution in [2.24, 2.45) is 0 Å². The number of hydrogen-bond donors (Lipinski definition) is 3. The molecule has 0 radical (unpaired) electrons. The number of carbonyl (C=O) groups is 5. The summed E-state index contributed by atoms with van der Waals surface area (Å²) in [4.78, 5) is 78.8. The van der Waals surface area contributed by atoms with Crippen LogP contribution in [-0.4, -0.2) is 113 Å². The zero-order chi connectivity index (χ0) is 48.7. The third-order valence-corrected chi connectivity index (χ3v) is 11.9. The highest BCUT2D eigenvalue weighted by Crippen LogP contribution is 2.37. The second kappa shape index (κ2) is 21.9. The molecule has 3 aliphatic heterocycles. The van der Waals surface area contributed by atoms with Crippen LogP contribution in [0.4, 0.5) is 0 Å². The first-order chi connectivity index (χ1) is 31.9. The Bertz CT molecular complexity index is 2680. The minimum Gasteiger partial charge on any atom is -0.463 e. The Balaban J connectivity index is 1.14. The number of nitrogens with zero attached hydrogens (tertiary/aromatic N) is 2. The quantitative estimate of drug-likeness (QED) is 0.0709. The molecule has 6 heterocycles. The molecule has 17 heteroatoms. The van der Waals surface area contributed by atoms with Crippen molar-refractivity contribution in [2.75, 3.05) is 33.0 Å². The fourth-order valence-corrected chi connectivity index (χ4v) is 8.58. The fraction of sp³-hybridized carbons (Fsp3) is 0.460. The molecule has 67 heavy (non-hydrogen) atoms. The van der Waals surface area contributed by atoms with Crippen molar-refractivity contribution in [2.45, 2.75) is 119 Å². The molecule has 0 aromatic carbocycles. The fourth-order valence-electron chi connectivity index (χ4n) is 8.58. The number of esters is 4. The lowest BCUT2D eigenvalue weighted by Gasteiger charge is -2.44. The Morgan fingerprint density at radius 3 is 2.09 bits per heavy atom. The molecule has 1 fully saturated rings. The zero-order valence-corrected chi connectivity index (χ0v) is 39.9. The van der Waals surface area contributed by atoms with Crippen LogP contribution in [0.1, 0.15) is 112 Å². The maximum Gasteiger partial charge on any atom is 0.303 e. The van der Waals surface area contributed by atoms with Crippen molar-refractivity contribution in [3.63, 3.8) is 0 Å².